The molecule has 3 saturated heterocycles. The molecule has 3 heterocycles. The van der Waals surface area contributed by atoms with Crippen molar-refractivity contribution >= 4 is 5.78 Å². The fraction of sp³-hybridized carbons (Fsp3) is 0.958. The molecule has 3 rings (SSSR count). The van der Waals surface area contributed by atoms with Gasteiger partial charge in [0, 0.05) is 0 Å². The Kier molecular flexibility index (Phi) is 16.0. The molecule has 3 aliphatic rings. The molecule has 46 heavy (non-hydrogen) atoms. The summed E-state index contributed by atoms with van der Waals surface area (Å²) in [6.07, 6.45) is -26.1. The first kappa shape index (κ1) is 41.0. The van der Waals surface area contributed by atoms with Gasteiger partial charge in [-0.05, 0) is 0 Å². The van der Waals surface area contributed by atoms with Crippen molar-refractivity contribution < 1.29 is 110 Å². The van der Waals surface area contributed by atoms with Crippen LogP contribution in [0.1, 0.15) is 0 Å². The van der Waals surface area contributed by atoms with Crippen molar-refractivity contribution in [3.63, 3.8) is 0 Å². The number of aliphatic hydroxyl groups is 16. The number of aliphatic hydroxyl groups excluding tert-OH is 16. The summed E-state index contributed by atoms with van der Waals surface area (Å²) in [5.74, 6) is -3.33. The number of hydrogen-bond donors (Lipinski definition) is 16. The summed E-state index contributed by atoms with van der Waals surface area (Å²) < 4.78 is 25.4. The number of ketones is 1. The van der Waals surface area contributed by atoms with Crippen molar-refractivity contribution in [3.05, 3.63) is 0 Å². The maximum Gasteiger partial charge on any atom is 0.224 e. The monoisotopic (exact) mass is 684 g/mol. The molecule has 0 aliphatic carbocycles. The van der Waals surface area contributed by atoms with Crippen LogP contribution in [0.2, 0.25) is 0 Å². The summed E-state index contributed by atoms with van der Waals surface area (Å²) in [7, 11) is 0. The van der Waals surface area contributed by atoms with Gasteiger partial charge >= 0.3 is 0 Å². The summed E-state index contributed by atoms with van der Waals surface area (Å²) in [6, 6.07) is 0. The van der Waals surface area contributed by atoms with Gasteiger partial charge in [0.15, 0.2) is 18.4 Å². The van der Waals surface area contributed by atoms with Crippen LogP contribution in [0.3, 0.4) is 0 Å². The predicted octanol–water partition coefficient (Wildman–Crippen LogP) is -10.9. The highest BCUT2D eigenvalue weighted by molar-refractivity contribution is 5.84. The van der Waals surface area contributed by atoms with E-state index in [0.29, 0.717) is 0 Å². The van der Waals surface area contributed by atoms with Crippen LogP contribution in [0.5, 0.6) is 0 Å². The minimum atomic E-state index is -2.22. The smallest absolute Gasteiger partial charge is 0.224 e. The zero-order chi connectivity index (χ0) is 35.1. The second kappa shape index (κ2) is 18.0. The van der Waals surface area contributed by atoms with E-state index in [1.54, 1.807) is 0 Å². The van der Waals surface area contributed by atoms with Gasteiger partial charge < -0.3 is 105 Å². The lowest BCUT2D eigenvalue weighted by atomic mass is 9.99. The summed E-state index contributed by atoms with van der Waals surface area (Å²) in [5, 5.41) is 152. The minimum absolute atomic E-state index is 0.667. The van der Waals surface area contributed by atoms with Crippen LogP contribution in [0, 0.1) is 0 Å². The zero-order valence-corrected chi connectivity index (χ0v) is 24.1. The molecule has 272 valence electrons. The van der Waals surface area contributed by atoms with Crippen molar-refractivity contribution in [2.24, 2.45) is 0 Å². The molecule has 0 unspecified atom stereocenters. The van der Waals surface area contributed by atoms with E-state index in [0.717, 1.165) is 0 Å². The molecule has 0 amide bonds. The molecule has 0 aromatic heterocycles. The van der Waals surface area contributed by atoms with Gasteiger partial charge in [-0.2, -0.15) is 0 Å². The van der Waals surface area contributed by atoms with Crippen LogP contribution in [-0.2, 0) is 28.5 Å². The van der Waals surface area contributed by atoms with Crippen molar-refractivity contribution in [3.8, 4) is 0 Å². The largest absolute Gasteiger partial charge is 0.394 e. The Morgan fingerprint density at radius 2 is 1.13 bits per heavy atom. The summed E-state index contributed by atoms with van der Waals surface area (Å²) in [4.78, 5) is 11.0. The normalized spacial score (nSPS) is 43.3. The topological polar surface area (TPSA) is 387 Å². The molecule has 0 bridgehead atoms. The standard InChI is InChI=1S/2C12H22O11/c13-1-4-6(16)8(18)9(19)11(21-4)23-12(3-15)10(20)7(17)5(2-14)22-12;13-1-4(15)7(17)8(18)5(16)3-22-12-11(21)10(20)9(19)6(2-14)23-12/h4-11,13-20H,1-3H2;5-14,16-21H,1-3H2/t4-,5-,6-,7-,8+,9-,10+,11-,12+;5-,6-,7-,8-,9-,10+,11-,12+/m11/s1. The van der Waals surface area contributed by atoms with Crippen LogP contribution in [0.25, 0.3) is 0 Å². The van der Waals surface area contributed by atoms with Gasteiger partial charge in [0.1, 0.15) is 98.7 Å². The maximum absolute atomic E-state index is 11.0. The third-order valence-corrected chi connectivity index (χ3v) is 7.55. The Bertz CT molecular complexity index is 911. The molecule has 0 spiro atoms. The molecule has 22 heteroatoms. The van der Waals surface area contributed by atoms with E-state index in [2.05, 4.69) is 0 Å². The molecule has 17 atom stereocenters. The second-order valence-corrected chi connectivity index (χ2v) is 10.7. The molecule has 0 aromatic carbocycles. The highest BCUT2D eigenvalue weighted by atomic mass is 16.8. The zero-order valence-electron chi connectivity index (χ0n) is 24.1. The van der Waals surface area contributed by atoms with Crippen molar-refractivity contribution in [2.45, 2.75) is 104 Å². The second-order valence-electron chi connectivity index (χ2n) is 10.7. The summed E-state index contributed by atoms with van der Waals surface area (Å²) in [5.41, 5.74) is 0. The van der Waals surface area contributed by atoms with Gasteiger partial charge in [-0.1, -0.05) is 0 Å². The molecule has 3 aliphatic heterocycles. The number of ether oxygens (including phenoxy) is 5. The molecule has 16 N–H and O–H groups in total. The van der Waals surface area contributed by atoms with Gasteiger partial charge in [-0.3, -0.25) is 4.79 Å². The highest BCUT2D eigenvalue weighted by Crippen LogP contribution is 2.36. The van der Waals surface area contributed by atoms with E-state index in [-0.39, 0.29) is 0 Å². The number of rotatable bonds is 13. The van der Waals surface area contributed by atoms with Crippen molar-refractivity contribution in [1.82, 2.24) is 0 Å². The van der Waals surface area contributed by atoms with E-state index in [9.17, 15) is 66.1 Å². The minimum Gasteiger partial charge on any atom is -0.394 e. The predicted molar refractivity (Wildman–Crippen MR) is 138 cm³/mol. The van der Waals surface area contributed by atoms with Crippen LogP contribution in [0.15, 0.2) is 0 Å². The Hall–Kier alpha value is -1.17. The van der Waals surface area contributed by atoms with Gasteiger partial charge in [0.25, 0.3) is 0 Å². The van der Waals surface area contributed by atoms with Crippen molar-refractivity contribution in [1.29, 1.82) is 0 Å². The molecule has 0 aromatic rings. The van der Waals surface area contributed by atoms with Crippen LogP contribution in [-0.4, -0.2) is 231 Å². The van der Waals surface area contributed by atoms with Gasteiger partial charge in [-0.25, -0.2) is 0 Å². The van der Waals surface area contributed by atoms with Gasteiger partial charge in [0.05, 0.1) is 26.4 Å². The summed E-state index contributed by atoms with van der Waals surface area (Å²) in [6.45, 7) is -4.73. The molecular weight excluding hydrogens is 640 g/mol. The highest BCUT2D eigenvalue weighted by Gasteiger charge is 2.58. The van der Waals surface area contributed by atoms with E-state index in [1.807, 2.05) is 0 Å². The van der Waals surface area contributed by atoms with Crippen LogP contribution >= 0.6 is 0 Å². The molecule has 22 nitrogen and oxygen atoms in total. The third-order valence-electron chi connectivity index (χ3n) is 7.55. The van der Waals surface area contributed by atoms with E-state index >= 15 is 0 Å². The molecular formula is C24H44O22. The Balaban J connectivity index is 0.000000320. The fourth-order valence-corrected chi connectivity index (χ4v) is 4.62. The Labute approximate surface area is 260 Å². The third kappa shape index (κ3) is 9.08. The fourth-order valence-electron chi connectivity index (χ4n) is 4.62. The van der Waals surface area contributed by atoms with E-state index < -0.39 is 149 Å². The van der Waals surface area contributed by atoms with Crippen LogP contribution in [0.4, 0.5) is 0 Å². The van der Waals surface area contributed by atoms with Crippen LogP contribution < -0.4 is 0 Å². The lowest BCUT2D eigenvalue weighted by molar-refractivity contribution is -0.383. The van der Waals surface area contributed by atoms with Gasteiger partial charge in [-0.15, -0.1) is 0 Å². The first-order valence-electron chi connectivity index (χ1n) is 13.9. The van der Waals surface area contributed by atoms with Crippen molar-refractivity contribution in [2.75, 3.05) is 39.6 Å². The van der Waals surface area contributed by atoms with E-state index in [4.69, 9.17) is 44.1 Å². The first-order chi connectivity index (χ1) is 21.5. The molecule has 0 radical (unpaired) electrons. The number of Topliss-reactive ketones (excluding diaryl/α,β-unsaturated/α-hetero) is 1. The molecule has 0 saturated carbocycles. The number of carbonyl (C=O) groups is 1. The Morgan fingerprint density at radius 1 is 0.652 bits per heavy atom. The Morgan fingerprint density at radius 3 is 1.57 bits per heavy atom. The average molecular weight is 685 g/mol. The number of hydrogen-bond acceptors (Lipinski definition) is 22. The lowest BCUT2D eigenvalue weighted by Gasteiger charge is -2.43. The maximum atomic E-state index is 11.0. The molecule has 3 fully saturated rings. The lowest BCUT2D eigenvalue weighted by Crippen LogP contribution is -2.62. The summed E-state index contributed by atoms with van der Waals surface area (Å²) >= 11 is 0. The SMILES string of the molecule is O=C(CO)[C@@H](O)[C@H](O)[C@H](O)CO[C@H]1O[C@H](CO)[C@@H](O)[C@H](O)[C@H]1O.OC[C@H]1O[C@@](CO)(O[C@H]2O[C@H](CO)[C@@H](O)[C@H](O)[C@H]2O)[C@@H](O)[C@@H]1O. The average Bonchev–Trinajstić information content (AvgIpc) is 3.30. The first-order valence-corrected chi connectivity index (χ1v) is 13.9. The quantitative estimate of drug-likeness (QED) is 0.0856. The number of carbonyl (C=O) groups excluding carboxylic acids is 1. The van der Waals surface area contributed by atoms with Gasteiger partial charge in [0.2, 0.25) is 5.79 Å². The van der Waals surface area contributed by atoms with E-state index in [1.165, 1.54) is 0 Å².